The highest BCUT2D eigenvalue weighted by Gasteiger charge is 2.14. The lowest BCUT2D eigenvalue weighted by molar-refractivity contribution is -0.115. The maximum Gasteiger partial charge on any atom is 0.274 e. The number of fused-ring (bicyclic) bond motifs is 2. The molecule has 5 nitrogen and oxygen atoms in total. The summed E-state index contributed by atoms with van der Waals surface area (Å²) in [5.41, 5.74) is 3.18. The third-order valence-corrected chi connectivity index (χ3v) is 5.56. The monoisotopic (exact) mass is 407 g/mol. The molecule has 0 aliphatic heterocycles. The number of hydrogen-bond acceptors (Lipinski definition) is 2. The van der Waals surface area contributed by atoms with Gasteiger partial charge in [0.1, 0.15) is 0 Å². The highest BCUT2D eigenvalue weighted by molar-refractivity contribution is 5.97. The van der Waals surface area contributed by atoms with Crippen molar-refractivity contribution in [2.75, 3.05) is 5.32 Å². The molecule has 0 atom stereocenters. The molecule has 152 valence electrons. The Balaban J connectivity index is 1.45. The zero-order valence-electron chi connectivity index (χ0n) is 17.1. The van der Waals surface area contributed by atoms with Crippen LogP contribution in [0.2, 0.25) is 0 Å². The summed E-state index contributed by atoms with van der Waals surface area (Å²) < 4.78 is 3.46. The molecule has 0 unspecified atom stereocenters. The molecule has 0 spiro atoms. The van der Waals surface area contributed by atoms with Gasteiger partial charge in [-0.15, -0.1) is 0 Å². The second kappa shape index (κ2) is 7.61. The van der Waals surface area contributed by atoms with E-state index in [2.05, 4.69) is 5.32 Å². The van der Waals surface area contributed by atoms with Crippen LogP contribution in [0.25, 0.3) is 27.4 Å². The fourth-order valence-electron chi connectivity index (χ4n) is 4.10. The van der Waals surface area contributed by atoms with E-state index in [1.54, 1.807) is 17.8 Å². The van der Waals surface area contributed by atoms with Crippen molar-refractivity contribution in [3.05, 3.63) is 107 Å². The molecular weight excluding hydrogens is 386 g/mol. The third kappa shape index (κ3) is 3.40. The minimum absolute atomic E-state index is 0.107. The quantitative estimate of drug-likeness (QED) is 0.471. The summed E-state index contributed by atoms with van der Waals surface area (Å²) in [5.74, 6) is -0.116. The Hall–Kier alpha value is -4.12. The predicted octanol–water partition coefficient (Wildman–Crippen LogP) is 4.66. The second-order valence-corrected chi connectivity index (χ2v) is 7.57. The molecule has 5 aromatic rings. The number of aromatic nitrogens is 2. The molecule has 5 rings (SSSR count). The molecular formula is C26H21N3O2. The van der Waals surface area contributed by atoms with E-state index in [1.807, 2.05) is 89.6 Å². The van der Waals surface area contributed by atoms with Gasteiger partial charge < -0.3 is 5.32 Å². The molecule has 1 N–H and O–H groups in total. The van der Waals surface area contributed by atoms with E-state index in [1.165, 1.54) is 0 Å². The van der Waals surface area contributed by atoms with Crippen molar-refractivity contribution in [2.24, 2.45) is 7.05 Å². The average molecular weight is 407 g/mol. The number of carbonyl (C=O) groups is 1. The SMILES string of the molecule is Cn1c(=O)c2cc(NC(=O)Cc3cccc4ccccc34)ccc2n1-c1ccccc1. The Morgan fingerprint density at radius 3 is 2.42 bits per heavy atom. The van der Waals surface area contributed by atoms with E-state index in [0.717, 1.165) is 27.5 Å². The van der Waals surface area contributed by atoms with Gasteiger partial charge in [0.2, 0.25) is 5.91 Å². The molecule has 31 heavy (non-hydrogen) atoms. The van der Waals surface area contributed by atoms with Crippen LogP contribution in [0.15, 0.2) is 95.8 Å². The summed E-state index contributed by atoms with van der Waals surface area (Å²) >= 11 is 0. The second-order valence-electron chi connectivity index (χ2n) is 7.57. The predicted molar refractivity (Wildman–Crippen MR) is 125 cm³/mol. The van der Waals surface area contributed by atoms with Gasteiger partial charge in [0.15, 0.2) is 0 Å². The summed E-state index contributed by atoms with van der Waals surface area (Å²) in [6.45, 7) is 0. The number of anilines is 1. The summed E-state index contributed by atoms with van der Waals surface area (Å²) in [5, 5.41) is 5.70. The Kier molecular flexibility index (Phi) is 4.64. The number of carbonyl (C=O) groups excluding carboxylic acids is 1. The minimum Gasteiger partial charge on any atom is -0.326 e. The van der Waals surface area contributed by atoms with Crippen molar-refractivity contribution in [2.45, 2.75) is 6.42 Å². The van der Waals surface area contributed by atoms with E-state index in [-0.39, 0.29) is 17.9 Å². The summed E-state index contributed by atoms with van der Waals surface area (Å²) in [7, 11) is 1.74. The Morgan fingerprint density at radius 2 is 1.58 bits per heavy atom. The van der Waals surface area contributed by atoms with Crippen LogP contribution in [0.5, 0.6) is 0 Å². The lowest BCUT2D eigenvalue weighted by Crippen LogP contribution is -2.18. The summed E-state index contributed by atoms with van der Waals surface area (Å²) in [6.07, 6.45) is 0.266. The van der Waals surface area contributed by atoms with Gasteiger partial charge in [-0.1, -0.05) is 60.7 Å². The van der Waals surface area contributed by atoms with Crippen LogP contribution >= 0.6 is 0 Å². The lowest BCUT2D eigenvalue weighted by Gasteiger charge is -2.10. The highest BCUT2D eigenvalue weighted by Crippen LogP contribution is 2.22. The van der Waals surface area contributed by atoms with E-state index >= 15 is 0 Å². The molecule has 0 radical (unpaired) electrons. The van der Waals surface area contributed by atoms with E-state index in [4.69, 9.17) is 0 Å². The van der Waals surface area contributed by atoms with Gasteiger partial charge in [-0.2, -0.15) is 0 Å². The van der Waals surface area contributed by atoms with Crippen molar-refractivity contribution in [3.8, 4) is 5.69 Å². The summed E-state index contributed by atoms with van der Waals surface area (Å²) in [4.78, 5) is 25.6. The van der Waals surface area contributed by atoms with E-state index in [0.29, 0.717) is 11.1 Å². The largest absolute Gasteiger partial charge is 0.326 e. The van der Waals surface area contributed by atoms with Crippen molar-refractivity contribution < 1.29 is 4.79 Å². The average Bonchev–Trinajstić information content (AvgIpc) is 3.04. The topological polar surface area (TPSA) is 56.0 Å². The Morgan fingerprint density at radius 1 is 0.839 bits per heavy atom. The molecule has 1 heterocycles. The van der Waals surface area contributed by atoms with Gasteiger partial charge in [0.05, 0.1) is 23.0 Å². The number of rotatable bonds is 4. The van der Waals surface area contributed by atoms with E-state index in [9.17, 15) is 9.59 Å². The molecule has 5 heteroatoms. The third-order valence-electron chi connectivity index (χ3n) is 5.56. The number of amides is 1. The van der Waals surface area contributed by atoms with Gasteiger partial charge in [0, 0.05) is 12.7 Å². The smallest absolute Gasteiger partial charge is 0.274 e. The van der Waals surface area contributed by atoms with Crippen LogP contribution in [-0.4, -0.2) is 15.3 Å². The molecule has 0 aliphatic rings. The highest BCUT2D eigenvalue weighted by atomic mass is 16.1. The first-order valence-electron chi connectivity index (χ1n) is 10.2. The normalized spacial score (nSPS) is 11.1. The van der Waals surface area contributed by atoms with Crippen molar-refractivity contribution >= 4 is 33.3 Å². The lowest BCUT2D eigenvalue weighted by atomic mass is 10.0. The van der Waals surface area contributed by atoms with Crippen LogP contribution in [0.4, 0.5) is 5.69 Å². The Labute approximate surface area is 179 Å². The maximum atomic E-state index is 12.8. The molecule has 1 amide bonds. The van der Waals surface area contributed by atoms with Crippen molar-refractivity contribution in [3.63, 3.8) is 0 Å². The number of hydrogen-bond donors (Lipinski definition) is 1. The number of para-hydroxylation sites is 1. The maximum absolute atomic E-state index is 12.8. The van der Waals surface area contributed by atoms with Crippen LogP contribution in [0.3, 0.4) is 0 Å². The van der Waals surface area contributed by atoms with Gasteiger partial charge >= 0.3 is 0 Å². The Bertz CT molecular complexity index is 1470. The van der Waals surface area contributed by atoms with Crippen LogP contribution in [0, 0.1) is 0 Å². The minimum atomic E-state index is -0.116. The fraction of sp³-hybridized carbons (Fsp3) is 0.0769. The van der Waals surface area contributed by atoms with Gasteiger partial charge in [-0.25, -0.2) is 4.68 Å². The van der Waals surface area contributed by atoms with Crippen LogP contribution < -0.4 is 10.9 Å². The fourth-order valence-corrected chi connectivity index (χ4v) is 4.10. The number of benzene rings is 4. The number of nitrogens with one attached hydrogen (secondary N) is 1. The zero-order chi connectivity index (χ0) is 21.4. The van der Waals surface area contributed by atoms with Crippen LogP contribution in [0.1, 0.15) is 5.56 Å². The molecule has 0 fully saturated rings. The van der Waals surface area contributed by atoms with Crippen molar-refractivity contribution in [1.29, 1.82) is 0 Å². The molecule has 0 bridgehead atoms. The molecule has 0 saturated heterocycles. The number of nitrogens with zero attached hydrogens (tertiary/aromatic N) is 2. The molecule has 4 aromatic carbocycles. The molecule has 1 aromatic heterocycles. The van der Waals surface area contributed by atoms with E-state index < -0.39 is 0 Å². The molecule has 0 saturated carbocycles. The van der Waals surface area contributed by atoms with Crippen LogP contribution in [-0.2, 0) is 18.3 Å². The van der Waals surface area contributed by atoms with Gasteiger partial charge in [0.25, 0.3) is 5.56 Å². The van der Waals surface area contributed by atoms with Gasteiger partial charge in [-0.05, 0) is 46.7 Å². The first kappa shape index (κ1) is 18.9. The zero-order valence-corrected chi connectivity index (χ0v) is 17.1. The first-order chi connectivity index (χ1) is 15.1. The van der Waals surface area contributed by atoms with Crippen molar-refractivity contribution in [1.82, 2.24) is 9.36 Å². The summed E-state index contributed by atoms with van der Waals surface area (Å²) in [6, 6.07) is 29.2. The standard InChI is InChI=1S/C26H21N3O2/c1-28-26(31)23-17-20(14-15-24(23)29(28)21-11-3-2-4-12-21)27-25(30)16-19-10-7-9-18-8-5-6-13-22(18)19/h2-15,17H,16H2,1H3,(H,27,30). The first-order valence-corrected chi connectivity index (χ1v) is 10.2. The van der Waals surface area contributed by atoms with Gasteiger partial charge in [-0.3, -0.25) is 14.3 Å². The molecule has 0 aliphatic carbocycles.